The molecule has 2 aliphatic rings. The van der Waals surface area contributed by atoms with Gasteiger partial charge in [-0.25, -0.2) is 15.0 Å². The van der Waals surface area contributed by atoms with Crippen molar-refractivity contribution in [3.63, 3.8) is 0 Å². The molecule has 0 radical (unpaired) electrons. The molecule has 1 saturated carbocycles. The molecule has 0 amide bonds. The second kappa shape index (κ2) is 7.65. The predicted molar refractivity (Wildman–Crippen MR) is 110 cm³/mol. The summed E-state index contributed by atoms with van der Waals surface area (Å²) in [6.45, 7) is 5.26. The maximum absolute atomic E-state index is 13.1. The quantitative estimate of drug-likeness (QED) is 0.609. The van der Waals surface area contributed by atoms with Crippen molar-refractivity contribution < 1.29 is 17.9 Å². The summed E-state index contributed by atoms with van der Waals surface area (Å²) in [6.07, 6.45) is -0.657. The molecule has 0 bridgehead atoms. The number of nitrogens with zero attached hydrogens (tertiary/aromatic N) is 7. The van der Waals surface area contributed by atoms with Crippen molar-refractivity contribution in [2.24, 2.45) is 13.0 Å². The van der Waals surface area contributed by atoms with E-state index in [1.165, 1.54) is 0 Å². The maximum Gasteiger partial charge on any atom is 0.391 e. The number of ether oxygens (including phenoxy) is 1. The summed E-state index contributed by atoms with van der Waals surface area (Å²) < 4.78 is 46.9. The smallest absolute Gasteiger partial charge is 0.370 e. The van der Waals surface area contributed by atoms with Crippen molar-refractivity contribution in [3.8, 4) is 0 Å². The Balaban J connectivity index is 1.50. The van der Waals surface area contributed by atoms with Crippen LogP contribution in [0.25, 0.3) is 11.2 Å². The molecular weight excluding hydrogens is 423 g/mol. The minimum atomic E-state index is -4.18. The van der Waals surface area contributed by atoms with Crippen LogP contribution in [0.1, 0.15) is 47.5 Å². The van der Waals surface area contributed by atoms with Gasteiger partial charge in [0.1, 0.15) is 11.6 Å². The molecule has 0 spiro atoms. The van der Waals surface area contributed by atoms with Crippen LogP contribution >= 0.6 is 0 Å². The van der Waals surface area contributed by atoms with Gasteiger partial charge in [0, 0.05) is 31.3 Å². The first-order chi connectivity index (χ1) is 15.2. The fourth-order valence-corrected chi connectivity index (χ4v) is 4.29. The highest BCUT2D eigenvalue weighted by molar-refractivity contribution is 5.75. The van der Waals surface area contributed by atoms with Crippen LogP contribution in [-0.4, -0.2) is 55.6 Å². The average Bonchev–Trinajstić information content (AvgIpc) is 3.13. The third kappa shape index (κ3) is 3.78. The van der Waals surface area contributed by atoms with Crippen molar-refractivity contribution in [2.45, 2.75) is 44.9 Å². The van der Waals surface area contributed by atoms with Crippen molar-refractivity contribution >= 4 is 17.1 Å². The first kappa shape index (κ1) is 21.0. The fourth-order valence-electron chi connectivity index (χ4n) is 4.29. The standard InChI is InChI=1S/C21H24F3N7O/c1-11-12(2)27-19-18(26-11)17(13-6-15(7-13)21(22,23)24)28-20(29-19)31-4-5-32-16(10-31)14-8-25-30(3)9-14/h8-9,13,15-16H,4-7,10H2,1-3H3/t13?,15?,16-/m0/s1. The highest BCUT2D eigenvalue weighted by atomic mass is 19.4. The Kier molecular flexibility index (Phi) is 5.03. The van der Waals surface area contributed by atoms with Crippen LogP contribution < -0.4 is 4.90 Å². The molecule has 0 unspecified atom stereocenters. The molecule has 1 atom stereocenters. The van der Waals surface area contributed by atoms with Crippen LogP contribution in [0.2, 0.25) is 0 Å². The van der Waals surface area contributed by atoms with Crippen LogP contribution in [0.15, 0.2) is 12.4 Å². The second-order valence-corrected chi connectivity index (χ2v) is 8.64. The lowest BCUT2D eigenvalue weighted by Crippen LogP contribution is -2.40. The topological polar surface area (TPSA) is 81.9 Å². The molecule has 3 aromatic heterocycles. The van der Waals surface area contributed by atoms with Gasteiger partial charge in [0.05, 0.1) is 42.3 Å². The highest BCUT2D eigenvalue weighted by Crippen LogP contribution is 2.50. The van der Waals surface area contributed by atoms with E-state index in [1.54, 1.807) is 10.9 Å². The van der Waals surface area contributed by atoms with Crippen molar-refractivity contribution in [1.82, 2.24) is 29.7 Å². The fraction of sp³-hybridized carbons (Fsp3) is 0.571. The minimum absolute atomic E-state index is 0.0189. The molecule has 3 aromatic rings. The number of morpholine rings is 1. The molecular formula is C21H24F3N7O. The molecule has 8 nitrogen and oxygen atoms in total. The number of hydrogen-bond donors (Lipinski definition) is 0. The van der Waals surface area contributed by atoms with Gasteiger partial charge in [0.2, 0.25) is 5.95 Å². The highest BCUT2D eigenvalue weighted by Gasteiger charge is 2.49. The molecule has 0 aromatic carbocycles. The normalized spacial score (nSPS) is 24.1. The van der Waals surface area contributed by atoms with Crippen molar-refractivity contribution in [3.05, 3.63) is 35.0 Å². The molecule has 11 heteroatoms. The molecule has 5 rings (SSSR count). The van der Waals surface area contributed by atoms with Gasteiger partial charge in [-0.2, -0.15) is 23.3 Å². The van der Waals surface area contributed by atoms with Crippen LogP contribution in [0.3, 0.4) is 0 Å². The largest absolute Gasteiger partial charge is 0.391 e. The zero-order valence-corrected chi connectivity index (χ0v) is 18.1. The van der Waals surface area contributed by atoms with E-state index in [0.29, 0.717) is 42.5 Å². The summed E-state index contributed by atoms with van der Waals surface area (Å²) in [5.41, 5.74) is 3.91. The van der Waals surface area contributed by atoms with Crippen LogP contribution in [0.5, 0.6) is 0 Å². The van der Waals surface area contributed by atoms with Crippen molar-refractivity contribution in [1.29, 1.82) is 0 Å². The first-order valence-electron chi connectivity index (χ1n) is 10.6. The molecule has 4 heterocycles. The lowest BCUT2D eigenvalue weighted by atomic mass is 9.72. The third-order valence-electron chi connectivity index (χ3n) is 6.39. The van der Waals surface area contributed by atoms with Gasteiger partial charge >= 0.3 is 6.18 Å². The first-order valence-corrected chi connectivity index (χ1v) is 10.6. The number of rotatable bonds is 3. The predicted octanol–water partition coefficient (Wildman–Crippen LogP) is 3.40. The van der Waals surface area contributed by atoms with E-state index in [0.717, 1.165) is 17.0 Å². The maximum atomic E-state index is 13.1. The molecule has 0 N–H and O–H groups in total. The van der Waals surface area contributed by atoms with Crippen LogP contribution in [0, 0.1) is 19.8 Å². The number of alkyl halides is 3. The Labute approximate surface area is 182 Å². The summed E-state index contributed by atoms with van der Waals surface area (Å²) in [5, 5.41) is 4.21. The molecule has 1 aliphatic heterocycles. The molecule has 1 aliphatic carbocycles. The SMILES string of the molecule is Cc1nc2nc(N3CCO[C@H](c4cnn(C)c4)C3)nc(C3CC(C(F)(F)F)C3)c2nc1C. The van der Waals surface area contributed by atoms with Crippen LogP contribution in [-0.2, 0) is 11.8 Å². The number of fused-ring (bicyclic) bond motifs is 1. The van der Waals surface area contributed by atoms with E-state index < -0.39 is 12.1 Å². The Morgan fingerprint density at radius 2 is 1.81 bits per heavy atom. The molecule has 170 valence electrons. The van der Waals surface area contributed by atoms with E-state index in [9.17, 15) is 13.2 Å². The zero-order chi connectivity index (χ0) is 22.6. The van der Waals surface area contributed by atoms with Gasteiger partial charge < -0.3 is 9.64 Å². The van der Waals surface area contributed by atoms with Gasteiger partial charge in [-0.1, -0.05) is 0 Å². The molecule has 1 saturated heterocycles. The van der Waals surface area contributed by atoms with Gasteiger partial charge in [0.25, 0.3) is 0 Å². The molecule has 32 heavy (non-hydrogen) atoms. The Morgan fingerprint density at radius 3 is 2.50 bits per heavy atom. The summed E-state index contributed by atoms with van der Waals surface area (Å²) in [6, 6.07) is 0. The average molecular weight is 447 g/mol. The van der Waals surface area contributed by atoms with E-state index >= 15 is 0 Å². The van der Waals surface area contributed by atoms with Gasteiger partial charge in [0.15, 0.2) is 5.65 Å². The zero-order valence-electron chi connectivity index (χ0n) is 18.1. The van der Waals surface area contributed by atoms with Gasteiger partial charge in [-0.3, -0.25) is 4.68 Å². The van der Waals surface area contributed by atoms with Crippen molar-refractivity contribution in [2.75, 3.05) is 24.6 Å². The van der Waals surface area contributed by atoms with E-state index in [1.807, 2.05) is 32.0 Å². The lowest BCUT2D eigenvalue weighted by molar-refractivity contribution is -0.197. The van der Waals surface area contributed by atoms with E-state index in [4.69, 9.17) is 9.72 Å². The second-order valence-electron chi connectivity index (χ2n) is 8.64. The summed E-state index contributed by atoms with van der Waals surface area (Å²) in [4.78, 5) is 20.5. The number of halogens is 3. The van der Waals surface area contributed by atoms with E-state index in [2.05, 4.69) is 20.1 Å². The number of anilines is 1. The van der Waals surface area contributed by atoms with E-state index in [-0.39, 0.29) is 24.9 Å². The number of hydrogen-bond acceptors (Lipinski definition) is 7. The van der Waals surface area contributed by atoms with Gasteiger partial charge in [-0.15, -0.1) is 0 Å². The number of aromatic nitrogens is 6. The summed E-state index contributed by atoms with van der Waals surface area (Å²) >= 11 is 0. The van der Waals surface area contributed by atoms with Gasteiger partial charge in [-0.05, 0) is 26.7 Å². The molecule has 2 fully saturated rings. The summed E-state index contributed by atoms with van der Waals surface area (Å²) in [7, 11) is 1.85. The lowest BCUT2D eigenvalue weighted by Gasteiger charge is -2.37. The Bertz CT molecular complexity index is 1160. The van der Waals surface area contributed by atoms with Crippen LogP contribution in [0.4, 0.5) is 19.1 Å². The Morgan fingerprint density at radius 1 is 1.06 bits per heavy atom. The monoisotopic (exact) mass is 447 g/mol. The Hall–Kier alpha value is -2.82. The minimum Gasteiger partial charge on any atom is -0.370 e. The third-order valence-corrected chi connectivity index (χ3v) is 6.39. The summed E-state index contributed by atoms with van der Waals surface area (Å²) in [5.74, 6) is -1.14. The number of aryl methyl sites for hydroxylation is 3.